The van der Waals surface area contributed by atoms with E-state index in [1.54, 1.807) is 22.1 Å². The van der Waals surface area contributed by atoms with Crippen molar-refractivity contribution >= 4 is 17.6 Å². The van der Waals surface area contributed by atoms with Crippen LogP contribution in [0.5, 0.6) is 0 Å². The van der Waals surface area contributed by atoms with Gasteiger partial charge in [0.2, 0.25) is 5.91 Å². The summed E-state index contributed by atoms with van der Waals surface area (Å²) in [5, 5.41) is 2.92. The standard InChI is InChI=1S/C26H31N3O3/c1-3-16-28(26(31)27-23-14-12-21(4-2)13-15-23)20-25(30)29(19-24-11-8-17-32-24)18-22-9-6-5-7-10-22/h5-15,17H,3-4,16,18-20H2,1-2H3,(H,27,31). The van der Waals surface area contributed by atoms with Gasteiger partial charge in [0.05, 0.1) is 12.8 Å². The third-order valence-corrected chi connectivity index (χ3v) is 5.22. The molecular weight excluding hydrogens is 402 g/mol. The van der Waals surface area contributed by atoms with Gasteiger partial charge in [-0.3, -0.25) is 4.79 Å². The number of urea groups is 1. The van der Waals surface area contributed by atoms with Crippen molar-refractivity contribution < 1.29 is 14.0 Å². The Hall–Kier alpha value is -3.54. The van der Waals surface area contributed by atoms with Crippen molar-refractivity contribution in [3.05, 3.63) is 89.9 Å². The van der Waals surface area contributed by atoms with Gasteiger partial charge in [0.25, 0.3) is 0 Å². The van der Waals surface area contributed by atoms with E-state index in [9.17, 15) is 9.59 Å². The van der Waals surface area contributed by atoms with E-state index >= 15 is 0 Å². The molecule has 0 radical (unpaired) electrons. The summed E-state index contributed by atoms with van der Waals surface area (Å²) in [6, 6.07) is 21.0. The van der Waals surface area contributed by atoms with Crippen molar-refractivity contribution in [2.24, 2.45) is 0 Å². The minimum Gasteiger partial charge on any atom is -0.467 e. The van der Waals surface area contributed by atoms with Crippen LogP contribution in [0.4, 0.5) is 10.5 Å². The summed E-state index contributed by atoms with van der Waals surface area (Å²) in [6.07, 6.45) is 3.30. The van der Waals surface area contributed by atoms with Crippen molar-refractivity contribution in [2.75, 3.05) is 18.4 Å². The van der Waals surface area contributed by atoms with Crippen LogP contribution in [0.25, 0.3) is 0 Å². The van der Waals surface area contributed by atoms with Gasteiger partial charge in [0.15, 0.2) is 0 Å². The van der Waals surface area contributed by atoms with Crippen molar-refractivity contribution in [3.8, 4) is 0 Å². The summed E-state index contributed by atoms with van der Waals surface area (Å²) in [4.78, 5) is 29.5. The largest absolute Gasteiger partial charge is 0.467 e. The first-order valence-electron chi connectivity index (χ1n) is 11.1. The number of rotatable bonds is 10. The van der Waals surface area contributed by atoms with Crippen LogP contribution in [-0.4, -0.2) is 34.8 Å². The van der Waals surface area contributed by atoms with Crippen LogP contribution in [0.1, 0.15) is 37.2 Å². The zero-order valence-electron chi connectivity index (χ0n) is 18.8. The normalized spacial score (nSPS) is 10.6. The average Bonchev–Trinajstić information content (AvgIpc) is 3.32. The first-order valence-corrected chi connectivity index (χ1v) is 11.1. The number of hydrogen-bond donors (Lipinski definition) is 1. The first kappa shape index (κ1) is 23.1. The van der Waals surface area contributed by atoms with Gasteiger partial charge in [-0.05, 0) is 48.2 Å². The maximum absolute atomic E-state index is 13.3. The highest BCUT2D eigenvalue weighted by molar-refractivity contribution is 5.92. The number of amides is 3. The van der Waals surface area contributed by atoms with Crippen LogP contribution >= 0.6 is 0 Å². The van der Waals surface area contributed by atoms with Gasteiger partial charge in [-0.2, -0.15) is 0 Å². The second-order valence-electron chi connectivity index (χ2n) is 7.72. The lowest BCUT2D eigenvalue weighted by Crippen LogP contribution is -2.44. The molecule has 6 heteroatoms. The topological polar surface area (TPSA) is 65.8 Å². The fraction of sp³-hybridized carbons (Fsp3) is 0.308. The second-order valence-corrected chi connectivity index (χ2v) is 7.72. The van der Waals surface area contributed by atoms with Crippen molar-refractivity contribution in [2.45, 2.75) is 39.8 Å². The molecule has 0 aliphatic rings. The quantitative estimate of drug-likeness (QED) is 0.471. The Kier molecular flexibility index (Phi) is 8.49. The molecule has 32 heavy (non-hydrogen) atoms. The van der Waals surface area contributed by atoms with E-state index in [2.05, 4.69) is 12.2 Å². The molecule has 0 unspecified atom stereocenters. The summed E-state index contributed by atoms with van der Waals surface area (Å²) in [5.41, 5.74) is 2.95. The minimum absolute atomic E-state index is 0.000257. The fourth-order valence-corrected chi connectivity index (χ4v) is 3.44. The molecule has 1 heterocycles. The Morgan fingerprint density at radius 1 is 0.844 bits per heavy atom. The maximum Gasteiger partial charge on any atom is 0.322 e. The van der Waals surface area contributed by atoms with E-state index < -0.39 is 0 Å². The molecule has 0 saturated heterocycles. The molecule has 168 valence electrons. The molecule has 3 amide bonds. The van der Waals surface area contributed by atoms with E-state index in [0.29, 0.717) is 25.4 Å². The van der Waals surface area contributed by atoms with Gasteiger partial charge < -0.3 is 19.5 Å². The molecule has 3 rings (SSSR count). The molecule has 0 spiro atoms. The van der Waals surface area contributed by atoms with Crippen LogP contribution in [0.15, 0.2) is 77.4 Å². The molecule has 6 nitrogen and oxygen atoms in total. The number of benzene rings is 2. The number of nitrogens with zero attached hydrogens (tertiary/aromatic N) is 2. The van der Waals surface area contributed by atoms with Crippen LogP contribution < -0.4 is 5.32 Å². The molecule has 3 aromatic rings. The fourth-order valence-electron chi connectivity index (χ4n) is 3.44. The van der Waals surface area contributed by atoms with Gasteiger partial charge >= 0.3 is 6.03 Å². The van der Waals surface area contributed by atoms with E-state index in [1.165, 1.54) is 5.56 Å². The molecular formula is C26H31N3O3. The zero-order chi connectivity index (χ0) is 22.8. The third-order valence-electron chi connectivity index (χ3n) is 5.22. The van der Waals surface area contributed by atoms with E-state index in [-0.39, 0.29) is 18.5 Å². The molecule has 2 aromatic carbocycles. The van der Waals surface area contributed by atoms with E-state index in [1.807, 2.05) is 67.6 Å². The summed E-state index contributed by atoms with van der Waals surface area (Å²) in [6.45, 7) is 5.36. The molecule has 0 aliphatic carbocycles. The maximum atomic E-state index is 13.3. The molecule has 0 bridgehead atoms. The van der Waals surface area contributed by atoms with Gasteiger partial charge in [-0.15, -0.1) is 0 Å². The Morgan fingerprint density at radius 2 is 1.59 bits per heavy atom. The lowest BCUT2D eigenvalue weighted by molar-refractivity contribution is -0.133. The van der Waals surface area contributed by atoms with Crippen LogP contribution in [0.2, 0.25) is 0 Å². The van der Waals surface area contributed by atoms with Gasteiger partial charge in [0, 0.05) is 18.8 Å². The van der Waals surface area contributed by atoms with Crippen LogP contribution in [0.3, 0.4) is 0 Å². The molecule has 0 atom stereocenters. The zero-order valence-corrected chi connectivity index (χ0v) is 18.8. The van der Waals surface area contributed by atoms with Gasteiger partial charge in [-0.25, -0.2) is 4.79 Å². The molecule has 1 aromatic heterocycles. The Bertz CT molecular complexity index is 969. The van der Waals surface area contributed by atoms with Crippen LogP contribution in [0, 0.1) is 0 Å². The van der Waals surface area contributed by atoms with E-state index in [0.717, 1.165) is 24.1 Å². The summed E-state index contributed by atoms with van der Waals surface area (Å²) in [7, 11) is 0. The van der Waals surface area contributed by atoms with Crippen molar-refractivity contribution in [3.63, 3.8) is 0 Å². The Labute approximate surface area is 189 Å². The van der Waals surface area contributed by atoms with Gasteiger partial charge in [-0.1, -0.05) is 56.3 Å². The van der Waals surface area contributed by atoms with Crippen molar-refractivity contribution in [1.82, 2.24) is 9.80 Å². The number of anilines is 1. The number of carbonyl (C=O) groups is 2. The predicted molar refractivity (Wildman–Crippen MR) is 126 cm³/mol. The second kappa shape index (κ2) is 11.7. The molecule has 1 N–H and O–H groups in total. The monoisotopic (exact) mass is 433 g/mol. The van der Waals surface area contributed by atoms with E-state index in [4.69, 9.17) is 4.42 Å². The lowest BCUT2D eigenvalue weighted by Gasteiger charge is -2.27. The summed E-state index contributed by atoms with van der Waals surface area (Å²) >= 11 is 0. The third kappa shape index (κ3) is 6.74. The predicted octanol–water partition coefficient (Wildman–Crippen LogP) is 5.31. The van der Waals surface area contributed by atoms with Gasteiger partial charge in [0.1, 0.15) is 12.3 Å². The smallest absolute Gasteiger partial charge is 0.322 e. The summed E-state index contributed by atoms with van der Waals surface area (Å²) in [5.74, 6) is 0.576. The number of furan rings is 1. The average molecular weight is 434 g/mol. The van der Waals surface area contributed by atoms with Crippen LogP contribution in [-0.2, 0) is 24.3 Å². The molecule has 0 aliphatic heterocycles. The molecule has 0 fully saturated rings. The highest BCUT2D eigenvalue weighted by atomic mass is 16.3. The SMILES string of the molecule is CCCN(CC(=O)N(Cc1ccccc1)Cc1ccco1)C(=O)Nc1ccc(CC)cc1. The number of aryl methyl sites for hydroxylation is 1. The minimum atomic E-state index is -0.276. The van der Waals surface area contributed by atoms with Crippen molar-refractivity contribution in [1.29, 1.82) is 0 Å². The Morgan fingerprint density at radius 3 is 2.22 bits per heavy atom. The number of carbonyl (C=O) groups excluding carboxylic acids is 2. The highest BCUT2D eigenvalue weighted by Crippen LogP contribution is 2.14. The Balaban J connectivity index is 1.70. The molecule has 0 saturated carbocycles. The number of nitrogens with one attached hydrogen (secondary N) is 1. The summed E-state index contributed by atoms with van der Waals surface area (Å²) < 4.78 is 5.46. The first-order chi connectivity index (χ1) is 15.6. The lowest BCUT2D eigenvalue weighted by atomic mass is 10.1. The number of hydrogen-bond acceptors (Lipinski definition) is 3. The highest BCUT2D eigenvalue weighted by Gasteiger charge is 2.22.